The van der Waals surface area contributed by atoms with Crippen molar-refractivity contribution in [2.24, 2.45) is 5.92 Å². The van der Waals surface area contributed by atoms with Crippen molar-refractivity contribution < 1.29 is 0 Å². The molecule has 0 spiro atoms. The maximum atomic E-state index is 3.62. The summed E-state index contributed by atoms with van der Waals surface area (Å²) in [6, 6.07) is 11.0. The fourth-order valence-electron chi connectivity index (χ4n) is 3.61. The van der Waals surface area contributed by atoms with E-state index in [1.54, 1.807) is 0 Å². The number of hydrogen-bond acceptors (Lipinski definition) is 1. The van der Waals surface area contributed by atoms with Gasteiger partial charge in [0, 0.05) is 23.7 Å². The Morgan fingerprint density at radius 3 is 2.65 bits per heavy atom. The Bertz CT molecular complexity index is 502. The smallest absolute Gasteiger partial charge is 0.0456 e. The van der Waals surface area contributed by atoms with Crippen LogP contribution in [-0.4, -0.2) is 29.5 Å². The first-order valence-electron chi connectivity index (χ1n) is 6.70. The number of nitrogens with one attached hydrogen (secondary N) is 1. The van der Waals surface area contributed by atoms with Gasteiger partial charge in [-0.05, 0) is 49.4 Å². The highest BCUT2D eigenvalue weighted by Gasteiger charge is 2.35. The van der Waals surface area contributed by atoms with Gasteiger partial charge >= 0.3 is 0 Å². The molecule has 0 amide bonds. The number of benzene rings is 1. The van der Waals surface area contributed by atoms with Crippen molar-refractivity contribution in [3.8, 4) is 0 Å². The average Bonchev–Trinajstić information content (AvgIpc) is 2.83. The Morgan fingerprint density at radius 1 is 1.12 bits per heavy atom. The molecule has 4 heterocycles. The monoisotopic (exact) mass is 226 g/mol. The van der Waals surface area contributed by atoms with Crippen LogP contribution in [0.4, 0.5) is 0 Å². The summed E-state index contributed by atoms with van der Waals surface area (Å²) in [7, 11) is 0. The van der Waals surface area contributed by atoms with Crippen LogP contribution >= 0.6 is 0 Å². The molecule has 0 radical (unpaired) electrons. The maximum Gasteiger partial charge on any atom is 0.0456 e. The van der Waals surface area contributed by atoms with Gasteiger partial charge in [0.25, 0.3) is 0 Å². The van der Waals surface area contributed by atoms with Crippen molar-refractivity contribution >= 4 is 10.9 Å². The van der Waals surface area contributed by atoms with Crippen LogP contribution in [0.5, 0.6) is 0 Å². The summed E-state index contributed by atoms with van der Waals surface area (Å²) in [5, 5.41) is 1.36. The molecule has 3 fully saturated rings. The van der Waals surface area contributed by atoms with Gasteiger partial charge in [-0.25, -0.2) is 0 Å². The second-order valence-corrected chi connectivity index (χ2v) is 5.56. The topological polar surface area (TPSA) is 19.0 Å². The van der Waals surface area contributed by atoms with Crippen LogP contribution < -0.4 is 0 Å². The van der Waals surface area contributed by atoms with Crippen molar-refractivity contribution in [3.63, 3.8) is 0 Å². The second kappa shape index (κ2) is 3.61. The molecule has 0 saturated carbocycles. The van der Waals surface area contributed by atoms with Gasteiger partial charge < -0.3 is 9.88 Å². The Balaban J connectivity index is 1.74. The molecule has 2 bridgehead atoms. The lowest BCUT2D eigenvalue weighted by Crippen LogP contribution is -2.46. The van der Waals surface area contributed by atoms with E-state index in [1.165, 1.54) is 49.1 Å². The highest BCUT2D eigenvalue weighted by Crippen LogP contribution is 2.39. The summed E-state index contributed by atoms with van der Waals surface area (Å²) < 4.78 is 0. The standard InChI is InChI=1S/C15H18N2/c1-2-4-14-12(3-1)9-15(16-14)13-10-17-7-5-11(13)6-8-17/h1-4,9,11,13,16H,5-8,10H2. The van der Waals surface area contributed by atoms with Crippen LogP contribution in [0.1, 0.15) is 24.5 Å². The van der Waals surface area contributed by atoms with E-state index in [-0.39, 0.29) is 0 Å². The number of piperidine rings is 3. The number of rotatable bonds is 1. The van der Waals surface area contributed by atoms with E-state index >= 15 is 0 Å². The molecule has 1 aromatic carbocycles. The summed E-state index contributed by atoms with van der Waals surface area (Å²) in [6.07, 6.45) is 2.78. The Labute approximate surface area is 102 Å². The summed E-state index contributed by atoms with van der Waals surface area (Å²) in [5.41, 5.74) is 2.75. The number of aromatic amines is 1. The third-order valence-corrected chi connectivity index (χ3v) is 4.61. The molecule has 17 heavy (non-hydrogen) atoms. The number of H-pyrrole nitrogens is 1. The van der Waals surface area contributed by atoms with Gasteiger partial charge in [0.1, 0.15) is 0 Å². The Morgan fingerprint density at radius 2 is 1.94 bits per heavy atom. The van der Waals surface area contributed by atoms with E-state index in [0.29, 0.717) is 0 Å². The molecule has 3 aliphatic heterocycles. The van der Waals surface area contributed by atoms with Crippen molar-refractivity contribution in [2.45, 2.75) is 18.8 Å². The van der Waals surface area contributed by atoms with Crippen LogP contribution in [0, 0.1) is 5.92 Å². The Hall–Kier alpha value is -1.28. The van der Waals surface area contributed by atoms with Crippen molar-refractivity contribution in [1.82, 2.24) is 9.88 Å². The predicted octanol–water partition coefficient (Wildman–Crippen LogP) is 2.98. The zero-order valence-electron chi connectivity index (χ0n) is 10.0. The normalized spacial score (nSPS) is 32.1. The van der Waals surface area contributed by atoms with Crippen molar-refractivity contribution in [2.75, 3.05) is 19.6 Å². The van der Waals surface area contributed by atoms with Gasteiger partial charge in [-0.2, -0.15) is 0 Å². The quantitative estimate of drug-likeness (QED) is 0.792. The number of fused-ring (bicyclic) bond motifs is 4. The minimum atomic E-state index is 0.741. The third-order valence-electron chi connectivity index (χ3n) is 4.61. The van der Waals surface area contributed by atoms with Gasteiger partial charge in [0.05, 0.1) is 0 Å². The van der Waals surface area contributed by atoms with Crippen LogP contribution in [0.2, 0.25) is 0 Å². The average molecular weight is 226 g/mol. The van der Waals surface area contributed by atoms with E-state index < -0.39 is 0 Å². The fourth-order valence-corrected chi connectivity index (χ4v) is 3.61. The maximum absolute atomic E-state index is 3.62. The van der Waals surface area contributed by atoms with Gasteiger partial charge in [-0.15, -0.1) is 0 Å². The number of nitrogens with zero attached hydrogens (tertiary/aromatic N) is 1. The molecule has 2 aromatic rings. The summed E-state index contributed by atoms with van der Waals surface area (Å²) in [5.74, 6) is 1.65. The van der Waals surface area contributed by atoms with Crippen molar-refractivity contribution in [3.05, 3.63) is 36.0 Å². The van der Waals surface area contributed by atoms with Crippen LogP contribution in [0.15, 0.2) is 30.3 Å². The lowest BCUT2D eigenvalue weighted by atomic mass is 9.77. The first kappa shape index (κ1) is 9.72. The van der Waals surface area contributed by atoms with E-state index in [0.717, 1.165) is 11.8 Å². The van der Waals surface area contributed by atoms with Gasteiger partial charge in [0.15, 0.2) is 0 Å². The zero-order chi connectivity index (χ0) is 11.2. The molecular weight excluding hydrogens is 208 g/mol. The van der Waals surface area contributed by atoms with Crippen molar-refractivity contribution in [1.29, 1.82) is 0 Å². The molecule has 5 rings (SSSR count). The second-order valence-electron chi connectivity index (χ2n) is 5.56. The molecule has 2 heteroatoms. The first-order valence-corrected chi connectivity index (χ1v) is 6.70. The molecule has 2 nitrogen and oxygen atoms in total. The third kappa shape index (κ3) is 1.51. The van der Waals surface area contributed by atoms with Gasteiger partial charge in [0.2, 0.25) is 0 Å². The Kier molecular flexibility index (Phi) is 2.06. The summed E-state index contributed by atoms with van der Waals surface area (Å²) >= 11 is 0. The minimum absolute atomic E-state index is 0.741. The fraction of sp³-hybridized carbons (Fsp3) is 0.467. The molecule has 3 saturated heterocycles. The molecule has 88 valence electrons. The van der Waals surface area contributed by atoms with E-state index in [9.17, 15) is 0 Å². The van der Waals surface area contributed by atoms with Crippen LogP contribution in [0.3, 0.4) is 0 Å². The number of aromatic nitrogens is 1. The zero-order valence-corrected chi connectivity index (χ0v) is 10.0. The molecule has 3 aliphatic rings. The molecule has 1 N–H and O–H groups in total. The molecule has 0 aliphatic carbocycles. The van der Waals surface area contributed by atoms with Gasteiger partial charge in [-0.3, -0.25) is 0 Å². The highest BCUT2D eigenvalue weighted by molar-refractivity contribution is 5.80. The number of hydrogen-bond donors (Lipinski definition) is 1. The lowest BCUT2D eigenvalue weighted by Gasteiger charge is -2.44. The molecule has 1 aromatic heterocycles. The van der Waals surface area contributed by atoms with Crippen LogP contribution in [-0.2, 0) is 0 Å². The molecule has 1 atom stereocenters. The largest absolute Gasteiger partial charge is 0.358 e. The van der Waals surface area contributed by atoms with E-state index in [1.807, 2.05) is 0 Å². The predicted molar refractivity (Wildman–Crippen MR) is 70.2 cm³/mol. The number of para-hydroxylation sites is 1. The minimum Gasteiger partial charge on any atom is -0.358 e. The molecule has 1 unspecified atom stereocenters. The van der Waals surface area contributed by atoms with Gasteiger partial charge in [-0.1, -0.05) is 18.2 Å². The van der Waals surface area contributed by atoms with Crippen LogP contribution in [0.25, 0.3) is 10.9 Å². The first-order chi connectivity index (χ1) is 8.40. The SMILES string of the molecule is c1ccc2[nH]c(C3CN4CCC3CC4)cc2c1. The van der Waals surface area contributed by atoms with E-state index in [4.69, 9.17) is 0 Å². The summed E-state index contributed by atoms with van der Waals surface area (Å²) in [4.78, 5) is 6.24. The highest BCUT2D eigenvalue weighted by atomic mass is 15.1. The summed E-state index contributed by atoms with van der Waals surface area (Å²) in [6.45, 7) is 3.90. The van der Waals surface area contributed by atoms with E-state index in [2.05, 4.69) is 40.2 Å². The lowest BCUT2D eigenvalue weighted by molar-refractivity contribution is 0.0857. The molecular formula is C15H18N2.